The Labute approximate surface area is 159 Å². The van der Waals surface area contributed by atoms with Gasteiger partial charge in [-0.15, -0.1) is 0 Å². The smallest absolute Gasteiger partial charge is 0.225 e. The Hall–Kier alpha value is -2.57. The summed E-state index contributed by atoms with van der Waals surface area (Å²) in [5, 5.41) is 13.4. The van der Waals surface area contributed by atoms with Crippen LogP contribution in [0.3, 0.4) is 0 Å². The van der Waals surface area contributed by atoms with Gasteiger partial charge in [0.25, 0.3) is 0 Å². The molecule has 0 aliphatic carbocycles. The Morgan fingerprint density at radius 2 is 2.04 bits per heavy atom. The first kappa shape index (κ1) is 16.9. The predicted octanol–water partition coefficient (Wildman–Crippen LogP) is 4.65. The number of phenolic OH excluding ortho intramolecular Hbond substituents is 1. The minimum Gasteiger partial charge on any atom is -0.504 e. The monoisotopic (exact) mass is 386 g/mol. The summed E-state index contributed by atoms with van der Waals surface area (Å²) < 4.78 is 9.77. The molecule has 2 N–H and O–H groups in total. The van der Waals surface area contributed by atoms with E-state index in [0.717, 1.165) is 27.4 Å². The average molecular weight is 387 g/mol. The lowest BCUT2D eigenvalue weighted by atomic mass is 9.89. The van der Waals surface area contributed by atoms with E-state index < -0.39 is 0 Å². The lowest BCUT2D eigenvalue weighted by Gasteiger charge is -2.23. The van der Waals surface area contributed by atoms with E-state index in [0.29, 0.717) is 17.2 Å². The number of methoxy groups -OCH3 is 1. The van der Waals surface area contributed by atoms with Crippen molar-refractivity contribution in [2.24, 2.45) is 0 Å². The van der Waals surface area contributed by atoms with Crippen LogP contribution in [0, 0.1) is 0 Å². The van der Waals surface area contributed by atoms with E-state index in [2.05, 4.69) is 9.69 Å². The van der Waals surface area contributed by atoms with Crippen LogP contribution in [0.2, 0.25) is 5.02 Å². The quantitative estimate of drug-likeness (QED) is 0.687. The molecule has 0 saturated carbocycles. The number of ether oxygens (including phenoxy) is 1. The zero-order valence-corrected chi connectivity index (χ0v) is 15.4. The molecule has 7 heteroatoms. The molecule has 0 spiro atoms. The van der Waals surface area contributed by atoms with Crippen molar-refractivity contribution in [1.29, 1.82) is 0 Å². The highest BCUT2D eigenvalue weighted by atomic mass is 35.5. The highest BCUT2D eigenvalue weighted by molar-refractivity contribution is 7.07. The third-order valence-corrected chi connectivity index (χ3v) is 5.62. The van der Waals surface area contributed by atoms with Gasteiger partial charge in [0.2, 0.25) is 5.91 Å². The van der Waals surface area contributed by atoms with Crippen molar-refractivity contribution in [3.05, 3.63) is 57.9 Å². The van der Waals surface area contributed by atoms with E-state index in [1.54, 1.807) is 24.3 Å². The van der Waals surface area contributed by atoms with Gasteiger partial charge in [0.1, 0.15) is 5.69 Å². The number of fused-ring (bicyclic) bond motifs is 1. The number of hydrogen-bond donors (Lipinski definition) is 2. The number of aromatic hydroxyl groups is 1. The fourth-order valence-corrected chi connectivity index (χ4v) is 4.21. The highest BCUT2D eigenvalue weighted by Gasteiger charge is 2.32. The van der Waals surface area contributed by atoms with Gasteiger partial charge in [-0.25, -0.2) is 0 Å². The highest BCUT2D eigenvalue weighted by Crippen LogP contribution is 2.45. The molecule has 26 heavy (non-hydrogen) atoms. The maximum atomic E-state index is 12.3. The molecule has 3 aromatic rings. The summed E-state index contributed by atoms with van der Waals surface area (Å²) in [5.74, 6) is 0.261. The van der Waals surface area contributed by atoms with E-state index in [4.69, 9.17) is 16.3 Å². The molecule has 2 heterocycles. The number of rotatable bonds is 3. The van der Waals surface area contributed by atoms with Gasteiger partial charge in [0, 0.05) is 22.9 Å². The minimum absolute atomic E-state index is 0.0649. The molecule has 1 aliphatic heterocycles. The maximum Gasteiger partial charge on any atom is 0.225 e. The van der Waals surface area contributed by atoms with Crippen LogP contribution in [0.5, 0.6) is 11.5 Å². The summed E-state index contributed by atoms with van der Waals surface area (Å²) in [6.07, 6.45) is 0.323. The van der Waals surface area contributed by atoms with Gasteiger partial charge in [-0.2, -0.15) is 4.37 Å². The minimum atomic E-state index is -0.133. The molecule has 0 saturated heterocycles. The topological polar surface area (TPSA) is 71.5 Å². The molecular formula is C19H15ClN2O3S. The number of halogens is 1. The first-order valence-corrected chi connectivity index (χ1v) is 9.14. The van der Waals surface area contributed by atoms with E-state index in [-0.39, 0.29) is 17.6 Å². The lowest BCUT2D eigenvalue weighted by molar-refractivity contribution is -0.116. The molecule has 132 valence electrons. The number of benzene rings is 2. The number of carbonyl (C=O) groups excluding carboxylic acids is 1. The van der Waals surface area contributed by atoms with E-state index in [9.17, 15) is 9.90 Å². The number of carbonyl (C=O) groups is 1. The molecule has 1 aromatic heterocycles. The number of amides is 1. The summed E-state index contributed by atoms with van der Waals surface area (Å²) in [7, 11) is 1.50. The zero-order valence-electron chi connectivity index (χ0n) is 13.8. The first-order valence-electron chi connectivity index (χ1n) is 7.99. The average Bonchev–Trinajstić information content (AvgIpc) is 3.06. The predicted molar refractivity (Wildman–Crippen MR) is 102 cm³/mol. The summed E-state index contributed by atoms with van der Waals surface area (Å²) >= 11 is 7.34. The molecule has 0 fully saturated rings. The molecule has 1 unspecified atom stereocenters. The Morgan fingerprint density at radius 3 is 2.77 bits per heavy atom. The second-order valence-corrected chi connectivity index (χ2v) is 7.25. The Balaban J connectivity index is 1.80. The van der Waals surface area contributed by atoms with Gasteiger partial charge in [-0.3, -0.25) is 4.79 Å². The van der Waals surface area contributed by atoms with E-state index in [1.165, 1.54) is 18.6 Å². The Morgan fingerprint density at radius 1 is 1.27 bits per heavy atom. The third-order valence-electron chi connectivity index (χ3n) is 4.41. The van der Waals surface area contributed by atoms with Crippen molar-refractivity contribution in [3.63, 3.8) is 0 Å². The summed E-state index contributed by atoms with van der Waals surface area (Å²) in [6, 6.07) is 12.5. The third kappa shape index (κ3) is 2.91. The van der Waals surface area contributed by atoms with Gasteiger partial charge in [-0.05, 0) is 41.4 Å². The SMILES string of the molecule is COc1cc(C2CC(=O)Nc3c(-c4ccc(Cl)cc4)nsc32)ccc1O. The standard InChI is InChI=1S/C19H15ClN2O3S/c1-25-15-8-11(4-7-14(15)23)13-9-16(24)21-18-17(22-26-19(13)18)10-2-5-12(20)6-3-10/h2-8,13,23H,9H2,1H3,(H,21,24). The molecule has 1 amide bonds. The van der Waals surface area contributed by atoms with Crippen molar-refractivity contribution >= 4 is 34.7 Å². The maximum absolute atomic E-state index is 12.3. The number of hydrogen-bond acceptors (Lipinski definition) is 5. The molecule has 0 radical (unpaired) electrons. The number of aromatic nitrogens is 1. The second-order valence-electron chi connectivity index (χ2n) is 6.01. The van der Waals surface area contributed by atoms with Crippen LogP contribution in [0.1, 0.15) is 22.8 Å². The lowest BCUT2D eigenvalue weighted by Crippen LogP contribution is -2.22. The Bertz CT molecular complexity index is 985. The summed E-state index contributed by atoms with van der Waals surface area (Å²) in [4.78, 5) is 13.3. The largest absolute Gasteiger partial charge is 0.504 e. The number of nitrogens with zero attached hydrogens (tertiary/aromatic N) is 1. The first-order chi connectivity index (χ1) is 12.6. The summed E-state index contributed by atoms with van der Waals surface area (Å²) in [6.45, 7) is 0. The van der Waals surface area contributed by atoms with Crippen LogP contribution in [0.15, 0.2) is 42.5 Å². The van der Waals surface area contributed by atoms with Crippen molar-refractivity contribution in [3.8, 4) is 22.8 Å². The molecular weight excluding hydrogens is 372 g/mol. The Kier molecular flexibility index (Phi) is 4.30. The van der Waals surface area contributed by atoms with Gasteiger partial charge >= 0.3 is 0 Å². The van der Waals surface area contributed by atoms with Crippen LogP contribution in [0.25, 0.3) is 11.3 Å². The molecule has 2 aromatic carbocycles. The van der Waals surface area contributed by atoms with Crippen molar-refractivity contribution in [1.82, 2.24) is 4.37 Å². The molecule has 0 bridgehead atoms. The fourth-order valence-electron chi connectivity index (χ4n) is 3.11. The van der Waals surface area contributed by atoms with Crippen molar-refractivity contribution < 1.29 is 14.6 Å². The molecule has 5 nitrogen and oxygen atoms in total. The van der Waals surface area contributed by atoms with E-state index in [1.807, 2.05) is 18.2 Å². The van der Waals surface area contributed by atoms with Crippen LogP contribution < -0.4 is 10.1 Å². The number of phenols is 1. The number of anilines is 1. The fraction of sp³-hybridized carbons (Fsp3) is 0.158. The van der Waals surface area contributed by atoms with Crippen molar-refractivity contribution in [2.45, 2.75) is 12.3 Å². The van der Waals surface area contributed by atoms with Crippen molar-refractivity contribution in [2.75, 3.05) is 12.4 Å². The van der Waals surface area contributed by atoms with Crippen LogP contribution in [-0.4, -0.2) is 22.5 Å². The normalized spacial score (nSPS) is 16.1. The second kappa shape index (κ2) is 6.63. The molecule has 1 aliphatic rings. The molecule has 4 rings (SSSR count). The summed E-state index contributed by atoms with van der Waals surface area (Å²) in [5.41, 5.74) is 3.29. The van der Waals surface area contributed by atoms with Gasteiger partial charge in [-0.1, -0.05) is 29.8 Å². The molecule has 1 atom stereocenters. The van der Waals surface area contributed by atoms with Gasteiger partial charge in [0.15, 0.2) is 11.5 Å². The number of nitrogens with one attached hydrogen (secondary N) is 1. The zero-order chi connectivity index (χ0) is 18.3. The van der Waals surface area contributed by atoms with Crippen LogP contribution >= 0.6 is 23.1 Å². The van der Waals surface area contributed by atoms with Gasteiger partial charge < -0.3 is 15.2 Å². The van der Waals surface area contributed by atoms with Crippen LogP contribution in [0.4, 0.5) is 5.69 Å². The van der Waals surface area contributed by atoms with Crippen LogP contribution in [-0.2, 0) is 4.79 Å². The van der Waals surface area contributed by atoms with E-state index >= 15 is 0 Å². The van der Waals surface area contributed by atoms with Gasteiger partial charge in [0.05, 0.1) is 17.7 Å².